The Morgan fingerprint density at radius 2 is 2.00 bits per heavy atom. The van der Waals surface area contributed by atoms with Gasteiger partial charge in [-0.05, 0) is 24.8 Å². The van der Waals surface area contributed by atoms with Crippen LogP contribution in [-0.2, 0) is 0 Å². The van der Waals surface area contributed by atoms with Crippen molar-refractivity contribution in [3.05, 3.63) is 21.9 Å². The number of nitrogens with zero attached hydrogens (tertiary/aromatic N) is 1. The van der Waals surface area contributed by atoms with Crippen LogP contribution >= 0.6 is 0 Å². The molecule has 0 bridgehead atoms. The van der Waals surface area contributed by atoms with Crippen LogP contribution in [0.25, 0.3) is 0 Å². The Kier molecular flexibility index (Phi) is 3.26. The van der Waals surface area contributed by atoms with Gasteiger partial charge in [0.1, 0.15) is 0 Å². The van der Waals surface area contributed by atoms with Crippen molar-refractivity contribution in [1.82, 2.24) is 0 Å². The molecule has 1 aliphatic rings. The van der Waals surface area contributed by atoms with Gasteiger partial charge in [0, 0.05) is 6.92 Å². The van der Waals surface area contributed by atoms with Crippen LogP contribution in [0.5, 0.6) is 0 Å². The van der Waals surface area contributed by atoms with E-state index in [1.807, 2.05) is 6.08 Å². The van der Waals surface area contributed by atoms with Gasteiger partial charge in [-0.15, -0.1) is 0 Å². The summed E-state index contributed by atoms with van der Waals surface area (Å²) in [4.78, 5) is 10.0. The number of hydrogen-bond acceptors (Lipinski definition) is 2. The largest absolute Gasteiger partial charge is 0.259 e. The van der Waals surface area contributed by atoms with E-state index in [9.17, 15) is 10.1 Å². The summed E-state index contributed by atoms with van der Waals surface area (Å²) in [5.74, 6) is 0.462. The van der Waals surface area contributed by atoms with Gasteiger partial charge in [0.25, 0.3) is 0 Å². The topological polar surface area (TPSA) is 43.1 Å². The highest BCUT2D eigenvalue weighted by Gasteiger charge is 2.13. The first-order valence-corrected chi connectivity index (χ1v) is 4.53. The van der Waals surface area contributed by atoms with E-state index in [0.29, 0.717) is 11.6 Å². The van der Waals surface area contributed by atoms with Crippen LogP contribution in [0.1, 0.15) is 39.0 Å². The molecular weight excluding hydrogens is 154 g/mol. The summed E-state index contributed by atoms with van der Waals surface area (Å²) in [5.41, 5.74) is 0.307. The van der Waals surface area contributed by atoms with Gasteiger partial charge in [-0.3, -0.25) is 10.1 Å². The molecular formula is C9H15NO2. The SMILES string of the molecule is CC(=CC1CCCCC1)[N+](=O)[O-]. The van der Waals surface area contributed by atoms with Crippen LogP contribution in [0.15, 0.2) is 11.8 Å². The quantitative estimate of drug-likeness (QED) is 0.471. The molecule has 1 aliphatic carbocycles. The number of nitro groups is 1. The molecule has 0 radical (unpaired) electrons. The summed E-state index contributed by atoms with van der Waals surface area (Å²) in [6.07, 6.45) is 7.83. The number of hydrogen-bond donors (Lipinski definition) is 0. The van der Waals surface area contributed by atoms with Gasteiger partial charge in [-0.25, -0.2) is 0 Å². The van der Waals surface area contributed by atoms with E-state index in [-0.39, 0.29) is 4.92 Å². The van der Waals surface area contributed by atoms with E-state index in [0.717, 1.165) is 12.8 Å². The maximum Gasteiger partial charge on any atom is 0.239 e. The maximum absolute atomic E-state index is 10.3. The first-order chi connectivity index (χ1) is 5.70. The standard InChI is InChI=1S/C9H15NO2/c1-8(10(11)12)7-9-5-3-2-4-6-9/h7,9H,2-6H2,1H3. The van der Waals surface area contributed by atoms with E-state index in [4.69, 9.17) is 0 Å². The van der Waals surface area contributed by atoms with E-state index in [2.05, 4.69) is 0 Å². The Morgan fingerprint density at radius 3 is 2.50 bits per heavy atom. The second kappa shape index (κ2) is 4.24. The predicted molar refractivity (Wildman–Crippen MR) is 47.3 cm³/mol. The summed E-state index contributed by atoms with van der Waals surface area (Å²) >= 11 is 0. The Morgan fingerprint density at radius 1 is 1.42 bits per heavy atom. The van der Waals surface area contributed by atoms with Gasteiger partial charge in [-0.2, -0.15) is 0 Å². The molecule has 0 aromatic heterocycles. The van der Waals surface area contributed by atoms with Crippen molar-refractivity contribution < 1.29 is 4.92 Å². The van der Waals surface area contributed by atoms with Crippen molar-refractivity contribution in [1.29, 1.82) is 0 Å². The molecule has 0 saturated heterocycles. The maximum atomic E-state index is 10.3. The molecule has 0 atom stereocenters. The molecule has 3 nitrogen and oxygen atoms in total. The summed E-state index contributed by atoms with van der Waals surface area (Å²) < 4.78 is 0. The van der Waals surface area contributed by atoms with Crippen LogP contribution in [0.2, 0.25) is 0 Å². The van der Waals surface area contributed by atoms with Crippen LogP contribution < -0.4 is 0 Å². The summed E-state index contributed by atoms with van der Waals surface area (Å²) in [5, 5.41) is 10.3. The van der Waals surface area contributed by atoms with Gasteiger partial charge in [-0.1, -0.05) is 19.3 Å². The molecule has 1 saturated carbocycles. The number of rotatable bonds is 2. The van der Waals surface area contributed by atoms with Gasteiger partial charge in [0.2, 0.25) is 5.70 Å². The van der Waals surface area contributed by atoms with Crippen molar-refractivity contribution in [3.8, 4) is 0 Å². The molecule has 0 aliphatic heterocycles. The lowest BCUT2D eigenvalue weighted by Crippen LogP contribution is -2.05. The second-order valence-electron chi connectivity index (χ2n) is 3.46. The fraction of sp³-hybridized carbons (Fsp3) is 0.778. The Labute approximate surface area is 72.6 Å². The van der Waals surface area contributed by atoms with Gasteiger partial charge < -0.3 is 0 Å². The normalized spacial score (nSPS) is 20.9. The lowest BCUT2D eigenvalue weighted by molar-refractivity contribution is -0.424. The first kappa shape index (κ1) is 9.23. The summed E-state index contributed by atoms with van der Waals surface area (Å²) in [6, 6.07) is 0. The molecule has 12 heavy (non-hydrogen) atoms. The van der Waals surface area contributed by atoms with Crippen molar-refractivity contribution in [2.75, 3.05) is 0 Å². The van der Waals surface area contributed by atoms with Gasteiger partial charge in [0.15, 0.2) is 0 Å². The minimum atomic E-state index is -0.297. The number of allylic oxidation sites excluding steroid dienone is 2. The highest BCUT2D eigenvalue weighted by Crippen LogP contribution is 2.25. The predicted octanol–water partition coefficient (Wildman–Crippen LogP) is 2.75. The highest BCUT2D eigenvalue weighted by atomic mass is 16.6. The van der Waals surface area contributed by atoms with Crippen molar-refractivity contribution >= 4 is 0 Å². The average Bonchev–Trinajstić information content (AvgIpc) is 2.06. The zero-order chi connectivity index (χ0) is 8.97. The molecule has 68 valence electrons. The third kappa shape index (κ3) is 2.64. The fourth-order valence-electron chi connectivity index (χ4n) is 1.70. The molecule has 0 aromatic carbocycles. The van der Waals surface area contributed by atoms with Crippen LogP contribution in [0, 0.1) is 16.0 Å². The van der Waals surface area contributed by atoms with Crippen molar-refractivity contribution in [2.45, 2.75) is 39.0 Å². The minimum Gasteiger partial charge on any atom is -0.259 e. The van der Waals surface area contributed by atoms with E-state index < -0.39 is 0 Å². The molecule has 0 unspecified atom stereocenters. The monoisotopic (exact) mass is 169 g/mol. The van der Waals surface area contributed by atoms with E-state index in [1.54, 1.807) is 6.92 Å². The fourth-order valence-corrected chi connectivity index (χ4v) is 1.70. The average molecular weight is 169 g/mol. The molecule has 1 rings (SSSR count). The zero-order valence-electron chi connectivity index (χ0n) is 7.45. The van der Waals surface area contributed by atoms with Crippen LogP contribution in [0.4, 0.5) is 0 Å². The zero-order valence-corrected chi connectivity index (χ0v) is 7.45. The minimum absolute atomic E-state index is 0.297. The lowest BCUT2D eigenvalue weighted by Gasteiger charge is -2.17. The van der Waals surface area contributed by atoms with E-state index >= 15 is 0 Å². The van der Waals surface area contributed by atoms with E-state index in [1.165, 1.54) is 19.3 Å². The van der Waals surface area contributed by atoms with Crippen molar-refractivity contribution in [2.24, 2.45) is 5.92 Å². The van der Waals surface area contributed by atoms with Gasteiger partial charge >= 0.3 is 0 Å². The summed E-state index contributed by atoms with van der Waals surface area (Å²) in [7, 11) is 0. The molecule has 0 amide bonds. The Bertz CT molecular complexity index is 193. The third-order valence-electron chi connectivity index (χ3n) is 2.41. The smallest absolute Gasteiger partial charge is 0.239 e. The van der Waals surface area contributed by atoms with Crippen molar-refractivity contribution in [3.63, 3.8) is 0 Å². The molecule has 1 fully saturated rings. The summed E-state index contributed by atoms with van der Waals surface area (Å²) in [6.45, 7) is 1.58. The lowest BCUT2D eigenvalue weighted by atomic mass is 9.89. The molecule has 0 spiro atoms. The Balaban J connectivity index is 2.47. The first-order valence-electron chi connectivity index (χ1n) is 4.53. The molecule has 0 N–H and O–H groups in total. The third-order valence-corrected chi connectivity index (χ3v) is 2.41. The Hall–Kier alpha value is -0.860. The highest BCUT2D eigenvalue weighted by molar-refractivity contribution is 4.93. The van der Waals surface area contributed by atoms with Gasteiger partial charge in [0.05, 0.1) is 4.92 Å². The molecule has 3 heteroatoms. The molecule has 0 aromatic rings. The van der Waals surface area contributed by atoms with Crippen LogP contribution in [0.3, 0.4) is 0 Å². The second-order valence-corrected chi connectivity index (χ2v) is 3.46. The molecule has 0 heterocycles. The van der Waals surface area contributed by atoms with Crippen LogP contribution in [-0.4, -0.2) is 4.92 Å².